The lowest BCUT2D eigenvalue weighted by molar-refractivity contribution is 0.750. The molecular formula is C71H65BN2Si4. The maximum absolute atomic E-state index is 2.86. The molecule has 16 rings (SSSR count). The highest BCUT2D eigenvalue weighted by Gasteiger charge is 2.55. The van der Waals surface area contributed by atoms with Crippen LogP contribution in [0.1, 0.15) is 22.3 Å². The Labute approximate surface area is 463 Å². The Bertz CT molecular complexity index is 4680. The summed E-state index contributed by atoms with van der Waals surface area (Å²) in [5.74, 6) is 0. The van der Waals surface area contributed by atoms with E-state index in [0.29, 0.717) is 0 Å². The SMILES string of the molecule is C[Si](C)(C)c1ccc2c(c1)c1cc([Si](C)(C)C)cc3c1n2-c1c(-c2cccc4c(-c5ccccc5)cccc24)cc2c4c1B3c1cc([Si](C)(C)C)cc3c5cc([Si](C)(C)C)cc(c5n-4c13)C21c2ccccc2-c2ccccc21. The molecule has 10 aromatic carbocycles. The largest absolute Gasteiger partial charge is 0.310 e. The van der Waals surface area contributed by atoms with E-state index in [4.69, 9.17) is 0 Å². The molecule has 378 valence electrons. The molecule has 0 unspecified atom stereocenters. The highest BCUT2D eigenvalue weighted by atomic mass is 28.3. The Balaban J connectivity index is 1.21. The summed E-state index contributed by atoms with van der Waals surface area (Å²) in [7, 11) is -7.43. The summed E-state index contributed by atoms with van der Waals surface area (Å²) >= 11 is 0. The number of hydrogen-bond donors (Lipinski definition) is 0. The Morgan fingerprint density at radius 1 is 0.321 bits per heavy atom. The third kappa shape index (κ3) is 5.93. The minimum atomic E-state index is -1.92. The van der Waals surface area contributed by atoms with E-state index in [9.17, 15) is 0 Å². The summed E-state index contributed by atoms with van der Waals surface area (Å²) in [4.78, 5) is 0. The van der Waals surface area contributed by atoms with Crippen molar-refractivity contribution in [1.82, 2.24) is 9.13 Å². The zero-order valence-corrected chi connectivity index (χ0v) is 51.2. The first-order valence-corrected chi connectivity index (χ1v) is 42.5. The van der Waals surface area contributed by atoms with E-state index in [1.165, 1.54) is 148 Å². The first-order valence-electron chi connectivity index (χ1n) is 28.5. The monoisotopic (exact) mass is 1070 g/mol. The first kappa shape index (κ1) is 47.0. The predicted molar refractivity (Wildman–Crippen MR) is 351 cm³/mol. The fourth-order valence-corrected chi connectivity index (χ4v) is 19.9. The zero-order chi connectivity index (χ0) is 53.5. The van der Waals surface area contributed by atoms with Crippen LogP contribution in [-0.4, -0.2) is 48.1 Å². The van der Waals surface area contributed by atoms with Crippen molar-refractivity contribution in [2.75, 3.05) is 0 Å². The molecule has 0 amide bonds. The van der Waals surface area contributed by atoms with Crippen molar-refractivity contribution in [2.45, 2.75) is 84.0 Å². The summed E-state index contributed by atoms with van der Waals surface area (Å²) < 4.78 is 5.67. The van der Waals surface area contributed by atoms with Gasteiger partial charge in [-0.05, 0) is 89.4 Å². The van der Waals surface area contributed by atoms with Crippen LogP contribution >= 0.6 is 0 Å². The van der Waals surface area contributed by atoms with Crippen molar-refractivity contribution in [1.29, 1.82) is 0 Å². The summed E-state index contributed by atoms with van der Waals surface area (Å²) in [5.41, 5.74) is 25.6. The van der Waals surface area contributed by atoms with E-state index in [1.54, 1.807) is 10.4 Å². The first-order chi connectivity index (χ1) is 37.2. The third-order valence-electron chi connectivity index (χ3n) is 19.1. The Morgan fingerprint density at radius 3 is 1.41 bits per heavy atom. The highest BCUT2D eigenvalue weighted by Crippen LogP contribution is 2.62. The summed E-state index contributed by atoms with van der Waals surface area (Å²) in [6.45, 7) is 30.6. The molecule has 3 aliphatic heterocycles. The summed E-state index contributed by atoms with van der Waals surface area (Å²) in [6, 6.07) is 70.9. The second-order valence-electron chi connectivity index (χ2n) is 27.7. The Morgan fingerprint density at radius 2 is 0.808 bits per heavy atom. The number of benzene rings is 10. The van der Waals surface area contributed by atoms with E-state index in [-0.39, 0.29) is 6.71 Å². The van der Waals surface area contributed by atoms with Gasteiger partial charge in [0.1, 0.15) is 0 Å². The van der Waals surface area contributed by atoms with Gasteiger partial charge >= 0.3 is 0 Å². The molecule has 2 aromatic heterocycles. The fraction of sp³-hybridized carbons (Fsp3) is 0.183. The van der Waals surface area contributed by atoms with Gasteiger partial charge in [-0.3, -0.25) is 0 Å². The molecule has 5 heterocycles. The van der Waals surface area contributed by atoms with Crippen LogP contribution in [0.15, 0.2) is 176 Å². The van der Waals surface area contributed by atoms with E-state index in [2.05, 4.69) is 264 Å². The summed E-state index contributed by atoms with van der Waals surface area (Å²) in [5, 5.41) is 14.4. The van der Waals surface area contributed by atoms with Crippen LogP contribution in [0.5, 0.6) is 0 Å². The van der Waals surface area contributed by atoms with Crippen molar-refractivity contribution in [2.24, 2.45) is 0 Å². The number of rotatable bonds is 6. The van der Waals surface area contributed by atoms with Crippen LogP contribution in [0.2, 0.25) is 78.6 Å². The van der Waals surface area contributed by atoms with Gasteiger partial charge in [-0.25, -0.2) is 0 Å². The van der Waals surface area contributed by atoms with Gasteiger partial charge in [0.05, 0.1) is 54.4 Å². The van der Waals surface area contributed by atoms with Gasteiger partial charge in [-0.2, -0.15) is 0 Å². The molecule has 0 saturated heterocycles. The average molecular weight is 1070 g/mol. The predicted octanol–water partition coefficient (Wildman–Crippen LogP) is 14.4. The molecule has 78 heavy (non-hydrogen) atoms. The standard InChI is InChI=1S/C71H65BN2Si4/c1-75(2,3)43-32-33-64-53(34-43)54-36-45(77(7,8)9)39-62-67(54)73(64)69-57(50-29-21-27-48-47(26-20-28-49(48)50)42-22-14-13-15-23-42)41-61-70-65(69)72(62)63-40-46(78(10,11)12)37-56-55-35-44(76(4,5)6)38-60(66(55)74(70)68(56)63)71(61)58-30-18-16-24-51(58)52-25-17-19-31-59(52)71/h13-41H,1-12H3. The molecule has 1 spiro atoms. The molecule has 2 nitrogen and oxygen atoms in total. The van der Waals surface area contributed by atoms with Gasteiger partial charge in [0.25, 0.3) is 6.71 Å². The van der Waals surface area contributed by atoms with Gasteiger partial charge in [0, 0.05) is 43.8 Å². The van der Waals surface area contributed by atoms with Crippen LogP contribution in [0.25, 0.3) is 99.1 Å². The quantitative estimate of drug-likeness (QED) is 0.147. The average Bonchev–Trinajstić information content (AvgIpc) is 2.99. The van der Waals surface area contributed by atoms with Crippen molar-refractivity contribution >= 4 is 131 Å². The lowest BCUT2D eigenvalue weighted by Crippen LogP contribution is -2.62. The van der Waals surface area contributed by atoms with Crippen molar-refractivity contribution < 1.29 is 0 Å². The lowest BCUT2D eigenvalue weighted by Gasteiger charge is -2.45. The van der Waals surface area contributed by atoms with E-state index in [1.807, 2.05) is 0 Å². The molecule has 12 aromatic rings. The van der Waals surface area contributed by atoms with E-state index in [0.717, 1.165) is 0 Å². The maximum atomic E-state index is 2.86. The Hall–Kier alpha value is -7.01. The smallest absolute Gasteiger partial charge is 0.252 e. The number of fused-ring (bicyclic) bond motifs is 15. The molecule has 4 aliphatic rings. The lowest BCUT2D eigenvalue weighted by atomic mass is 9.33. The highest BCUT2D eigenvalue weighted by molar-refractivity contribution is 7.02. The number of hydrogen-bond acceptors (Lipinski definition) is 0. The van der Waals surface area contributed by atoms with E-state index < -0.39 is 37.7 Å². The molecule has 0 fully saturated rings. The zero-order valence-electron chi connectivity index (χ0n) is 47.2. The van der Waals surface area contributed by atoms with Gasteiger partial charge < -0.3 is 9.13 Å². The second-order valence-corrected chi connectivity index (χ2v) is 48.0. The van der Waals surface area contributed by atoms with Crippen LogP contribution in [0.4, 0.5) is 0 Å². The van der Waals surface area contributed by atoms with Crippen LogP contribution in [0, 0.1) is 0 Å². The van der Waals surface area contributed by atoms with Crippen molar-refractivity contribution in [3.05, 3.63) is 198 Å². The molecule has 0 atom stereocenters. The molecular weight excluding hydrogens is 1000 g/mol. The van der Waals surface area contributed by atoms with Gasteiger partial charge in [0.15, 0.2) is 0 Å². The molecule has 7 heteroatoms. The van der Waals surface area contributed by atoms with Crippen molar-refractivity contribution in [3.8, 4) is 44.8 Å². The van der Waals surface area contributed by atoms with Gasteiger partial charge in [-0.1, -0.05) is 263 Å². The second kappa shape index (κ2) is 15.2. The van der Waals surface area contributed by atoms with Crippen LogP contribution in [-0.2, 0) is 5.41 Å². The molecule has 0 N–H and O–H groups in total. The minimum Gasteiger partial charge on any atom is -0.310 e. The molecule has 0 saturated carbocycles. The molecule has 0 bridgehead atoms. The van der Waals surface area contributed by atoms with Gasteiger partial charge in [-0.15, -0.1) is 0 Å². The maximum Gasteiger partial charge on any atom is 0.252 e. The minimum absolute atomic E-state index is 0.00630. The third-order valence-corrected chi connectivity index (χ3v) is 27.2. The van der Waals surface area contributed by atoms with Gasteiger partial charge in [0.2, 0.25) is 0 Å². The van der Waals surface area contributed by atoms with Crippen molar-refractivity contribution in [3.63, 3.8) is 0 Å². The number of nitrogens with zero attached hydrogens (tertiary/aromatic N) is 2. The fourth-order valence-electron chi connectivity index (χ4n) is 15.2. The normalized spacial score (nSPS) is 14.7. The Kier molecular flexibility index (Phi) is 9.17. The molecule has 1 aliphatic carbocycles. The van der Waals surface area contributed by atoms with Crippen LogP contribution < -0.4 is 37.1 Å². The summed E-state index contributed by atoms with van der Waals surface area (Å²) in [6.07, 6.45) is 0. The van der Waals surface area contributed by atoms with Crippen LogP contribution in [0.3, 0.4) is 0 Å². The molecule has 0 radical (unpaired) electrons. The van der Waals surface area contributed by atoms with E-state index >= 15 is 0 Å². The topological polar surface area (TPSA) is 9.86 Å². The number of aromatic nitrogens is 2.